The van der Waals surface area contributed by atoms with Gasteiger partial charge in [0.2, 0.25) is 5.95 Å². The van der Waals surface area contributed by atoms with Gasteiger partial charge in [0, 0.05) is 24.2 Å². The Morgan fingerprint density at radius 1 is 1.00 bits per heavy atom. The van der Waals surface area contributed by atoms with Crippen molar-refractivity contribution in [2.75, 3.05) is 10.1 Å². The highest BCUT2D eigenvalue weighted by atomic mass is 35.5. The van der Waals surface area contributed by atoms with Gasteiger partial charge in [-0.05, 0) is 48.5 Å². The molecular weight excluding hydrogens is 475 g/mol. The van der Waals surface area contributed by atoms with Crippen LogP contribution in [-0.4, -0.2) is 29.6 Å². The maximum absolute atomic E-state index is 12.5. The maximum atomic E-state index is 12.5. The standard InChI is InChI=1S/C20H14Cl2N6O3S/c21-14-10-17(22)19(25-11-14)27-26-12-15-4-7-18(31-15)13-2-5-16(6-3-13)32(29,30)28-20-23-8-1-9-24-20/h1-12H,(H,25,27)(H,23,24,28)/b26-12-. The number of aromatic nitrogens is 3. The molecule has 0 saturated carbocycles. The van der Waals surface area contributed by atoms with E-state index in [9.17, 15) is 8.42 Å². The molecule has 0 amide bonds. The lowest BCUT2D eigenvalue weighted by Crippen LogP contribution is -2.14. The van der Waals surface area contributed by atoms with Gasteiger partial charge in [-0.3, -0.25) is 5.43 Å². The highest BCUT2D eigenvalue weighted by Crippen LogP contribution is 2.25. The van der Waals surface area contributed by atoms with E-state index in [1.54, 1.807) is 36.4 Å². The fourth-order valence-corrected chi connectivity index (χ4v) is 3.94. The van der Waals surface area contributed by atoms with Gasteiger partial charge in [-0.1, -0.05) is 23.2 Å². The van der Waals surface area contributed by atoms with Crippen LogP contribution in [0.25, 0.3) is 11.3 Å². The number of rotatable bonds is 7. The van der Waals surface area contributed by atoms with Crippen molar-refractivity contribution in [3.63, 3.8) is 0 Å². The normalized spacial score (nSPS) is 11.6. The number of sulfonamides is 1. The van der Waals surface area contributed by atoms with Crippen LogP contribution < -0.4 is 10.1 Å². The second kappa shape index (κ2) is 9.35. The van der Waals surface area contributed by atoms with Crippen LogP contribution in [0.4, 0.5) is 11.8 Å². The first-order valence-corrected chi connectivity index (χ1v) is 11.2. The molecule has 0 aliphatic rings. The topological polar surface area (TPSA) is 122 Å². The largest absolute Gasteiger partial charge is 0.455 e. The molecule has 2 N–H and O–H groups in total. The van der Waals surface area contributed by atoms with E-state index in [1.807, 2.05) is 0 Å². The van der Waals surface area contributed by atoms with E-state index in [1.165, 1.54) is 36.9 Å². The molecule has 1 aromatic carbocycles. The minimum atomic E-state index is -3.81. The Morgan fingerprint density at radius 2 is 1.75 bits per heavy atom. The van der Waals surface area contributed by atoms with Gasteiger partial charge < -0.3 is 4.42 Å². The van der Waals surface area contributed by atoms with Crippen LogP contribution in [0.1, 0.15) is 5.76 Å². The van der Waals surface area contributed by atoms with Crippen LogP contribution in [-0.2, 0) is 10.0 Å². The van der Waals surface area contributed by atoms with Crippen LogP contribution in [0, 0.1) is 0 Å². The fraction of sp³-hybridized carbons (Fsp3) is 0. The summed E-state index contributed by atoms with van der Waals surface area (Å²) in [5.74, 6) is 1.36. The number of nitrogens with one attached hydrogen (secondary N) is 2. The van der Waals surface area contributed by atoms with E-state index in [0.29, 0.717) is 32.9 Å². The highest BCUT2D eigenvalue weighted by Gasteiger charge is 2.16. The molecule has 4 aromatic rings. The molecule has 9 nitrogen and oxygen atoms in total. The van der Waals surface area contributed by atoms with E-state index in [4.69, 9.17) is 27.6 Å². The Hall–Kier alpha value is -3.47. The van der Waals surface area contributed by atoms with E-state index in [0.717, 1.165) is 0 Å². The molecule has 4 rings (SSSR count). The van der Waals surface area contributed by atoms with Gasteiger partial charge in [0.05, 0.1) is 21.2 Å². The van der Waals surface area contributed by atoms with Crippen molar-refractivity contribution in [1.29, 1.82) is 0 Å². The molecule has 3 aromatic heterocycles. The van der Waals surface area contributed by atoms with E-state index < -0.39 is 10.0 Å². The number of furan rings is 1. The molecule has 0 saturated heterocycles. The SMILES string of the molecule is O=S(=O)(Nc1ncccn1)c1ccc(-c2ccc(/C=N\Nc3ncc(Cl)cc3Cl)o2)cc1. The summed E-state index contributed by atoms with van der Waals surface area (Å²) in [5.41, 5.74) is 3.40. The summed E-state index contributed by atoms with van der Waals surface area (Å²) in [4.78, 5) is 11.8. The van der Waals surface area contributed by atoms with Crippen molar-refractivity contribution < 1.29 is 12.8 Å². The van der Waals surface area contributed by atoms with Crippen LogP contribution in [0.2, 0.25) is 10.0 Å². The second-order valence-corrected chi connectivity index (χ2v) is 8.78. The van der Waals surface area contributed by atoms with Crippen LogP contribution in [0.5, 0.6) is 0 Å². The third-order valence-electron chi connectivity index (χ3n) is 4.04. The molecule has 0 spiro atoms. The number of nitrogens with zero attached hydrogens (tertiary/aromatic N) is 4. The van der Waals surface area contributed by atoms with Crippen molar-refractivity contribution >= 4 is 51.2 Å². The van der Waals surface area contributed by atoms with E-state index >= 15 is 0 Å². The molecule has 12 heteroatoms. The fourth-order valence-electron chi connectivity index (χ4n) is 2.56. The van der Waals surface area contributed by atoms with Gasteiger partial charge in [0.25, 0.3) is 10.0 Å². The number of pyridine rings is 1. The lowest BCUT2D eigenvalue weighted by molar-refractivity contribution is 0.575. The average Bonchev–Trinajstić information content (AvgIpc) is 3.25. The number of hydrazone groups is 1. The predicted molar refractivity (Wildman–Crippen MR) is 122 cm³/mol. The van der Waals surface area contributed by atoms with Gasteiger partial charge in [0.15, 0.2) is 5.82 Å². The number of hydrogen-bond donors (Lipinski definition) is 2. The summed E-state index contributed by atoms with van der Waals surface area (Å²) >= 11 is 11.8. The summed E-state index contributed by atoms with van der Waals surface area (Å²) in [6, 6.07) is 12.8. The van der Waals surface area contributed by atoms with Crippen molar-refractivity contribution in [3.8, 4) is 11.3 Å². The first kappa shape index (κ1) is 21.8. The van der Waals surface area contributed by atoms with Crippen LogP contribution in [0.15, 0.2) is 81.5 Å². The summed E-state index contributed by atoms with van der Waals surface area (Å²) in [6.07, 6.45) is 5.80. The van der Waals surface area contributed by atoms with Crippen molar-refractivity contribution in [2.45, 2.75) is 4.90 Å². The molecule has 3 heterocycles. The predicted octanol–water partition coefficient (Wildman–Crippen LogP) is 4.69. The van der Waals surface area contributed by atoms with E-state index in [2.05, 4.69) is 30.2 Å². The van der Waals surface area contributed by atoms with Crippen molar-refractivity contribution in [3.05, 3.63) is 82.9 Å². The second-order valence-electron chi connectivity index (χ2n) is 6.26. The van der Waals surface area contributed by atoms with Gasteiger partial charge in [-0.15, -0.1) is 0 Å². The van der Waals surface area contributed by atoms with Gasteiger partial charge in [-0.2, -0.15) is 5.10 Å². The Bertz CT molecular complexity index is 1360. The molecule has 0 atom stereocenters. The zero-order valence-electron chi connectivity index (χ0n) is 16.1. The lowest BCUT2D eigenvalue weighted by atomic mass is 10.2. The molecule has 32 heavy (non-hydrogen) atoms. The third kappa shape index (κ3) is 5.22. The molecule has 0 unspecified atom stereocenters. The number of halogens is 2. The minimum absolute atomic E-state index is 0.00441. The smallest absolute Gasteiger partial charge is 0.264 e. The number of hydrogen-bond acceptors (Lipinski definition) is 8. The monoisotopic (exact) mass is 488 g/mol. The molecular formula is C20H14Cl2N6O3S. The number of anilines is 2. The first-order valence-electron chi connectivity index (χ1n) is 9.01. The summed E-state index contributed by atoms with van der Waals surface area (Å²) in [6.45, 7) is 0. The Morgan fingerprint density at radius 3 is 2.47 bits per heavy atom. The van der Waals surface area contributed by atoms with Gasteiger partial charge >= 0.3 is 0 Å². The highest BCUT2D eigenvalue weighted by molar-refractivity contribution is 7.92. The Balaban J connectivity index is 1.44. The van der Waals surface area contributed by atoms with Crippen molar-refractivity contribution in [1.82, 2.24) is 15.0 Å². The molecule has 0 radical (unpaired) electrons. The Kier molecular flexibility index (Phi) is 6.35. The molecule has 0 aliphatic carbocycles. The minimum Gasteiger partial charge on any atom is -0.455 e. The van der Waals surface area contributed by atoms with E-state index in [-0.39, 0.29) is 10.8 Å². The molecule has 162 valence electrons. The summed E-state index contributed by atoms with van der Waals surface area (Å²) < 4.78 is 33.0. The lowest BCUT2D eigenvalue weighted by Gasteiger charge is -2.06. The van der Waals surface area contributed by atoms with Crippen molar-refractivity contribution in [2.24, 2.45) is 5.10 Å². The maximum Gasteiger partial charge on any atom is 0.264 e. The van der Waals surface area contributed by atoms with Gasteiger partial charge in [0.1, 0.15) is 11.5 Å². The molecule has 0 bridgehead atoms. The average molecular weight is 489 g/mol. The summed E-state index contributed by atoms with van der Waals surface area (Å²) in [7, 11) is -3.81. The number of benzene rings is 1. The first-order chi connectivity index (χ1) is 15.4. The Labute approximate surface area is 193 Å². The van der Waals surface area contributed by atoms with Crippen LogP contribution >= 0.6 is 23.2 Å². The zero-order valence-corrected chi connectivity index (χ0v) is 18.4. The third-order valence-corrected chi connectivity index (χ3v) is 5.88. The summed E-state index contributed by atoms with van der Waals surface area (Å²) in [5, 5.41) is 4.79. The zero-order chi connectivity index (χ0) is 22.6. The molecule has 0 fully saturated rings. The van der Waals surface area contributed by atoms with Crippen LogP contribution in [0.3, 0.4) is 0 Å². The van der Waals surface area contributed by atoms with Gasteiger partial charge in [-0.25, -0.2) is 28.1 Å². The quantitative estimate of drug-likeness (QED) is 0.285. The molecule has 0 aliphatic heterocycles.